The quantitative estimate of drug-likeness (QED) is 0.709. The minimum Gasteiger partial charge on any atom is -0.197 e. The molecule has 72 valence electrons. The first-order chi connectivity index (χ1) is 6.34. The second-order valence-corrected chi connectivity index (χ2v) is 2.18. The first-order valence-electron chi connectivity index (χ1n) is 4.51. The van der Waals surface area contributed by atoms with Gasteiger partial charge in [0.15, 0.2) is 0 Å². The minimum atomic E-state index is 0.892. The predicted octanol–water partition coefficient (Wildman–Crippen LogP) is 2.73. The van der Waals surface area contributed by atoms with Crippen molar-refractivity contribution in [1.82, 2.24) is 15.4 Å². The van der Waals surface area contributed by atoms with E-state index in [-0.39, 0.29) is 0 Å². The summed E-state index contributed by atoms with van der Waals surface area (Å²) in [4.78, 5) is 0. The molecule has 0 saturated heterocycles. The van der Waals surface area contributed by atoms with Gasteiger partial charge in [0.1, 0.15) is 5.69 Å². The van der Waals surface area contributed by atoms with Crippen LogP contribution in [-0.2, 0) is 0 Å². The van der Waals surface area contributed by atoms with E-state index in [0.717, 1.165) is 11.4 Å². The summed E-state index contributed by atoms with van der Waals surface area (Å²) < 4.78 is 0. The molecule has 0 amide bonds. The maximum absolute atomic E-state index is 3.93. The molecule has 0 atom stereocenters. The van der Waals surface area contributed by atoms with E-state index >= 15 is 0 Å². The van der Waals surface area contributed by atoms with E-state index in [4.69, 9.17) is 0 Å². The molecule has 0 aromatic carbocycles. The van der Waals surface area contributed by atoms with Gasteiger partial charge in [-0.15, -0.1) is 0 Å². The zero-order valence-corrected chi connectivity index (χ0v) is 8.70. The molecule has 0 fully saturated rings. The molecule has 0 bridgehead atoms. The molecule has 0 saturated carbocycles. The zero-order chi connectivity index (χ0) is 10.1. The molecule has 0 radical (unpaired) electrons. The Morgan fingerprint density at radius 3 is 2.31 bits per heavy atom. The number of aromatic amines is 1. The van der Waals surface area contributed by atoms with Crippen LogP contribution in [0.2, 0.25) is 0 Å². The Bertz CT molecular complexity index is 271. The van der Waals surface area contributed by atoms with Crippen molar-refractivity contribution in [1.29, 1.82) is 0 Å². The van der Waals surface area contributed by atoms with Crippen molar-refractivity contribution in [3.8, 4) is 0 Å². The Kier molecular flexibility index (Phi) is 6.51. The van der Waals surface area contributed by atoms with Gasteiger partial charge in [-0.05, 0) is 19.9 Å². The fraction of sp³-hybridized carbons (Fsp3) is 0.400. The summed E-state index contributed by atoms with van der Waals surface area (Å²) in [5.74, 6) is 0. The highest BCUT2D eigenvalue weighted by Gasteiger charge is 1.94. The van der Waals surface area contributed by atoms with E-state index in [1.807, 2.05) is 52.0 Å². The van der Waals surface area contributed by atoms with Crippen LogP contribution in [0.3, 0.4) is 0 Å². The van der Waals surface area contributed by atoms with Crippen LogP contribution in [0.25, 0.3) is 6.08 Å². The van der Waals surface area contributed by atoms with Gasteiger partial charge in [-0.2, -0.15) is 15.4 Å². The average molecular weight is 179 g/mol. The van der Waals surface area contributed by atoms with Gasteiger partial charge in [-0.3, -0.25) is 0 Å². The van der Waals surface area contributed by atoms with Crippen LogP contribution in [0.15, 0.2) is 18.2 Å². The standard InChI is InChI=1S/C8H11N3.C2H6/c1-3-4-5-6-8-7(2)9-11-10-8;1-2/h3-6H,1-2H3,(H,9,10,11);1-2H3/b4-3-,6-5-;. The molecular weight excluding hydrogens is 162 g/mol. The van der Waals surface area contributed by atoms with E-state index in [1.54, 1.807) is 0 Å². The lowest BCUT2D eigenvalue weighted by molar-refractivity contribution is 0.926. The van der Waals surface area contributed by atoms with Crippen molar-refractivity contribution in [2.75, 3.05) is 0 Å². The highest BCUT2D eigenvalue weighted by molar-refractivity contribution is 5.48. The van der Waals surface area contributed by atoms with Gasteiger partial charge in [0.05, 0.1) is 5.69 Å². The largest absolute Gasteiger partial charge is 0.197 e. The van der Waals surface area contributed by atoms with Gasteiger partial charge in [0.2, 0.25) is 0 Å². The van der Waals surface area contributed by atoms with E-state index < -0.39 is 0 Å². The molecule has 1 rings (SSSR count). The molecule has 1 N–H and O–H groups in total. The normalized spacial score (nSPS) is 10.5. The van der Waals surface area contributed by atoms with Crippen molar-refractivity contribution in [3.63, 3.8) is 0 Å². The van der Waals surface area contributed by atoms with Gasteiger partial charge in [0.25, 0.3) is 0 Å². The minimum absolute atomic E-state index is 0.892. The number of hydrogen-bond donors (Lipinski definition) is 1. The van der Waals surface area contributed by atoms with Crippen LogP contribution < -0.4 is 0 Å². The maximum Gasteiger partial charge on any atom is 0.108 e. The molecule has 3 nitrogen and oxygen atoms in total. The monoisotopic (exact) mass is 179 g/mol. The third-order valence-electron chi connectivity index (χ3n) is 1.32. The number of hydrogen-bond acceptors (Lipinski definition) is 2. The summed E-state index contributed by atoms with van der Waals surface area (Å²) in [5, 5.41) is 10.4. The van der Waals surface area contributed by atoms with Crippen LogP contribution >= 0.6 is 0 Å². The molecular formula is C10H17N3. The van der Waals surface area contributed by atoms with Crippen molar-refractivity contribution in [2.45, 2.75) is 27.7 Å². The van der Waals surface area contributed by atoms with Gasteiger partial charge < -0.3 is 0 Å². The van der Waals surface area contributed by atoms with Crippen molar-refractivity contribution < 1.29 is 0 Å². The van der Waals surface area contributed by atoms with Gasteiger partial charge in [-0.25, -0.2) is 0 Å². The van der Waals surface area contributed by atoms with E-state index in [0.29, 0.717) is 0 Å². The highest BCUT2D eigenvalue weighted by Crippen LogP contribution is 2.00. The molecule has 0 unspecified atom stereocenters. The van der Waals surface area contributed by atoms with Crippen LogP contribution in [0, 0.1) is 6.92 Å². The zero-order valence-electron chi connectivity index (χ0n) is 8.70. The third kappa shape index (κ3) is 4.25. The second kappa shape index (κ2) is 7.28. The number of aromatic nitrogens is 3. The molecule has 0 aliphatic carbocycles. The Morgan fingerprint density at radius 1 is 1.15 bits per heavy atom. The second-order valence-electron chi connectivity index (χ2n) is 2.18. The molecule has 0 aliphatic rings. The Morgan fingerprint density at radius 2 is 1.85 bits per heavy atom. The summed E-state index contributed by atoms with van der Waals surface area (Å²) in [6.45, 7) is 7.89. The van der Waals surface area contributed by atoms with E-state index in [2.05, 4.69) is 15.4 Å². The number of H-pyrrole nitrogens is 1. The third-order valence-corrected chi connectivity index (χ3v) is 1.32. The lowest BCUT2D eigenvalue weighted by Gasteiger charge is -1.81. The van der Waals surface area contributed by atoms with E-state index in [9.17, 15) is 0 Å². The lowest BCUT2D eigenvalue weighted by atomic mass is 10.3. The van der Waals surface area contributed by atoms with Gasteiger partial charge in [-0.1, -0.05) is 32.1 Å². The van der Waals surface area contributed by atoms with Crippen LogP contribution in [-0.4, -0.2) is 15.4 Å². The summed E-state index contributed by atoms with van der Waals surface area (Å²) in [7, 11) is 0. The molecule has 13 heavy (non-hydrogen) atoms. The molecule has 3 heteroatoms. The van der Waals surface area contributed by atoms with Gasteiger partial charge >= 0.3 is 0 Å². The van der Waals surface area contributed by atoms with E-state index in [1.165, 1.54) is 0 Å². The topological polar surface area (TPSA) is 41.6 Å². The number of aryl methyl sites for hydroxylation is 1. The van der Waals surface area contributed by atoms with Crippen LogP contribution in [0.1, 0.15) is 32.2 Å². The number of nitrogens with one attached hydrogen (secondary N) is 1. The first kappa shape index (κ1) is 11.6. The Labute approximate surface area is 79.6 Å². The maximum atomic E-state index is 3.93. The predicted molar refractivity (Wildman–Crippen MR) is 56.3 cm³/mol. The fourth-order valence-electron chi connectivity index (χ4n) is 0.708. The summed E-state index contributed by atoms with van der Waals surface area (Å²) in [5.41, 5.74) is 1.81. The number of nitrogens with zero attached hydrogens (tertiary/aromatic N) is 2. The van der Waals surface area contributed by atoms with Gasteiger partial charge in [0, 0.05) is 0 Å². The van der Waals surface area contributed by atoms with Crippen molar-refractivity contribution in [2.24, 2.45) is 0 Å². The molecule has 0 aliphatic heterocycles. The number of allylic oxidation sites excluding steroid dienone is 3. The first-order valence-corrected chi connectivity index (χ1v) is 4.51. The van der Waals surface area contributed by atoms with Crippen molar-refractivity contribution in [3.05, 3.63) is 29.6 Å². The van der Waals surface area contributed by atoms with Crippen LogP contribution in [0.4, 0.5) is 0 Å². The van der Waals surface area contributed by atoms with Crippen molar-refractivity contribution >= 4 is 6.08 Å². The molecule has 0 spiro atoms. The fourth-order valence-corrected chi connectivity index (χ4v) is 0.708. The SMILES string of the molecule is C/C=C\C=C/c1n[nH]nc1C.CC. The molecule has 1 aromatic heterocycles. The number of rotatable bonds is 2. The molecule has 1 heterocycles. The Balaban J connectivity index is 0.000000671. The van der Waals surface area contributed by atoms with Crippen LogP contribution in [0.5, 0.6) is 0 Å². The highest BCUT2D eigenvalue weighted by atomic mass is 15.3. The molecule has 1 aromatic rings. The average Bonchev–Trinajstić information content (AvgIpc) is 2.56. The summed E-state index contributed by atoms with van der Waals surface area (Å²) in [6.07, 6.45) is 7.77. The Hall–Kier alpha value is -1.38. The summed E-state index contributed by atoms with van der Waals surface area (Å²) >= 11 is 0. The smallest absolute Gasteiger partial charge is 0.108 e. The lowest BCUT2D eigenvalue weighted by Crippen LogP contribution is -1.74. The summed E-state index contributed by atoms with van der Waals surface area (Å²) in [6, 6.07) is 0.